The van der Waals surface area contributed by atoms with Crippen LogP contribution in [0.5, 0.6) is 0 Å². The summed E-state index contributed by atoms with van der Waals surface area (Å²) in [7, 11) is 0. The first kappa shape index (κ1) is 21.8. The first-order chi connectivity index (χ1) is 14.1. The molecule has 0 unspecified atom stereocenters. The zero-order valence-corrected chi connectivity index (χ0v) is 16.8. The molecule has 3 aromatic rings. The number of halogens is 3. The zero-order chi connectivity index (χ0) is 21.9. The average molecular weight is 415 g/mol. The maximum absolute atomic E-state index is 13.7. The Morgan fingerprint density at radius 1 is 1.07 bits per heavy atom. The first-order valence-corrected chi connectivity index (χ1v) is 9.72. The summed E-state index contributed by atoms with van der Waals surface area (Å²) in [4.78, 5) is 15.9. The minimum Gasteiger partial charge on any atom is -0.368 e. The van der Waals surface area contributed by atoms with Crippen molar-refractivity contribution in [2.75, 3.05) is 0 Å². The van der Waals surface area contributed by atoms with E-state index in [9.17, 15) is 18.0 Å². The number of hydrogen-bond donors (Lipinski definition) is 2. The molecular weight excluding hydrogens is 391 g/mol. The maximum atomic E-state index is 13.7. The van der Waals surface area contributed by atoms with E-state index in [1.807, 2.05) is 44.2 Å². The van der Waals surface area contributed by atoms with E-state index in [1.165, 1.54) is 12.1 Å². The predicted octanol–water partition coefficient (Wildman–Crippen LogP) is 4.99. The number of fused-ring (bicyclic) bond motifs is 1. The summed E-state index contributed by atoms with van der Waals surface area (Å²) in [6, 6.07) is 12.6. The predicted molar refractivity (Wildman–Crippen MR) is 112 cm³/mol. The third-order valence-corrected chi connectivity index (χ3v) is 4.93. The second kappa shape index (κ2) is 8.83. The molecule has 158 valence electrons. The minimum absolute atomic E-state index is 0.0219. The number of carbonyl (C=O) groups excluding carboxylic acids is 1. The lowest BCUT2D eigenvalue weighted by Gasteiger charge is -2.27. The van der Waals surface area contributed by atoms with E-state index in [4.69, 9.17) is 5.73 Å². The fourth-order valence-corrected chi connectivity index (χ4v) is 3.44. The number of pyridine rings is 1. The Labute approximate surface area is 173 Å². The van der Waals surface area contributed by atoms with Gasteiger partial charge < -0.3 is 5.73 Å². The molecule has 0 bridgehead atoms. The molecule has 1 amide bonds. The van der Waals surface area contributed by atoms with Crippen LogP contribution in [0, 0.1) is 5.92 Å². The Kier molecular flexibility index (Phi) is 6.41. The Morgan fingerprint density at radius 3 is 2.33 bits per heavy atom. The summed E-state index contributed by atoms with van der Waals surface area (Å²) in [6.45, 7) is 3.65. The maximum Gasteiger partial charge on any atom is 0.407 e. The Morgan fingerprint density at radius 2 is 1.73 bits per heavy atom. The quantitative estimate of drug-likeness (QED) is 0.571. The summed E-state index contributed by atoms with van der Waals surface area (Å²) in [5, 5.41) is 3.37. The minimum atomic E-state index is -4.57. The third kappa shape index (κ3) is 5.16. The summed E-state index contributed by atoms with van der Waals surface area (Å²) < 4.78 is 41.2. The molecule has 7 heteroatoms. The number of nitrogens with two attached hydrogens (primary N) is 1. The summed E-state index contributed by atoms with van der Waals surface area (Å²) in [5.41, 5.74) is 7.88. The van der Waals surface area contributed by atoms with Crippen LogP contribution in [-0.4, -0.2) is 23.1 Å². The van der Waals surface area contributed by atoms with Crippen molar-refractivity contribution in [3.8, 4) is 11.1 Å². The average Bonchev–Trinajstić information content (AvgIpc) is 2.69. The highest BCUT2D eigenvalue weighted by Crippen LogP contribution is 2.35. The molecule has 2 aromatic carbocycles. The molecule has 0 radical (unpaired) electrons. The van der Waals surface area contributed by atoms with Gasteiger partial charge in [-0.15, -0.1) is 0 Å². The van der Waals surface area contributed by atoms with Crippen molar-refractivity contribution in [2.45, 2.75) is 38.5 Å². The van der Waals surface area contributed by atoms with Gasteiger partial charge in [0, 0.05) is 11.6 Å². The Balaban J connectivity index is 1.89. The normalized spacial score (nSPS) is 14.1. The van der Waals surface area contributed by atoms with Crippen molar-refractivity contribution in [1.82, 2.24) is 10.3 Å². The van der Waals surface area contributed by atoms with Gasteiger partial charge >= 0.3 is 6.18 Å². The molecule has 1 aromatic heterocycles. The molecule has 4 nitrogen and oxygen atoms in total. The van der Waals surface area contributed by atoms with E-state index in [1.54, 1.807) is 18.3 Å². The highest BCUT2D eigenvalue weighted by molar-refractivity contribution is 5.84. The number of nitrogens with zero attached hydrogens (tertiary/aromatic N) is 1. The van der Waals surface area contributed by atoms with Gasteiger partial charge in [0.05, 0.1) is 11.6 Å². The lowest BCUT2D eigenvalue weighted by atomic mass is 9.97. The number of amides is 1. The van der Waals surface area contributed by atoms with Gasteiger partial charge in [-0.25, -0.2) is 0 Å². The van der Waals surface area contributed by atoms with Crippen LogP contribution in [0.2, 0.25) is 0 Å². The smallest absolute Gasteiger partial charge is 0.368 e. The first-order valence-electron chi connectivity index (χ1n) is 9.72. The van der Waals surface area contributed by atoms with Gasteiger partial charge in [0.25, 0.3) is 0 Å². The van der Waals surface area contributed by atoms with Crippen LogP contribution >= 0.6 is 0 Å². The highest BCUT2D eigenvalue weighted by atomic mass is 19.4. The molecule has 0 aliphatic heterocycles. The van der Waals surface area contributed by atoms with Gasteiger partial charge in [0.2, 0.25) is 5.91 Å². The third-order valence-electron chi connectivity index (χ3n) is 4.93. The Bertz CT molecular complexity index is 1020. The van der Waals surface area contributed by atoms with E-state index in [2.05, 4.69) is 10.3 Å². The van der Waals surface area contributed by atoms with Crippen molar-refractivity contribution < 1.29 is 18.0 Å². The van der Waals surface area contributed by atoms with Crippen LogP contribution in [0.4, 0.5) is 13.2 Å². The van der Waals surface area contributed by atoms with Crippen LogP contribution in [-0.2, 0) is 4.79 Å². The second-order valence-corrected chi connectivity index (χ2v) is 7.76. The SMILES string of the molecule is CC(C)C[C@H](N[C@@H](c1ccc(-c2ccc3ncccc3c2)cc1)C(F)(F)F)C(N)=O. The van der Waals surface area contributed by atoms with Crippen molar-refractivity contribution in [3.63, 3.8) is 0 Å². The molecule has 0 spiro atoms. The summed E-state index contributed by atoms with van der Waals surface area (Å²) >= 11 is 0. The van der Waals surface area contributed by atoms with Crippen molar-refractivity contribution in [3.05, 3.63) is 66.4 Å². The molecule has 2 atom stereocenters. The van der Waals surface area contributed by atoms with Gasteiger partial charge in [-0.3, -0.25) is 15.1 Å². The van der Waals surface area contributed by atoms with Gasteiger partial charge in [0.15, 0.2) is 0 Å². The van der Waals surface area contributed by atoms with Crippen molar-refractivity contribution in [1.29, 1.82) is 0 Å². The van der Waals surface area contributed by atoms with Gasteiger partial charge in [-0.05, 0) is 47.2 Å². The van der Waals surface area contributed by atoms with Crippen LogP contribution in [0.1, 0.15) is 31.9 Å². The molecule has 0 saturated carbocycles. The molecular formula is C23H24F3N3O. The van der Waals surface area contributed by atoms with Gasteiger partial charge in [0.1, 0.15) is 6.04 Å². The highest BCUT2D eigenvalue weighted by Gasteiger charge is 2.42. The van der Waals surface area contributed by atoms with Gasteiger partial charge in [-0.1, -0.05) is 50.2 Å². The Hall–Kier alpha value is -2.93. The largest absolute Gasteiger partial charge is 0.407 e. The van der Waals surface area contributed by atoms with Crippen LogP contribution in [0.3, 0.4) is 0 Å². The van der Waals surface area contributed by atoms with E-state index in [0.29, 0.717) is 0 Å². The number of primary amides is 1. The number of hydrogen-bond acceptors (Lipinski definition) is 3. The van der Waals surface area contributed by atoms with E-state index in [-0.39, 0.29) is 17.9 Å². The molecule has 0 saturated heterocycles. The number of alkyl halides is 3. The number of nitrogens with one attached hydrogen (secondary N) is 1. The van der Waals surface area contributed by atoms with Crippen LogP contribution < -0.4 is 11.1 Å². The topological polar surface area (TPSA) is 68.0 Å². The van der Waals surface area contributed by atoms with E-state index < -0.39 is 24.2 Å². The van der Waals surface area contributed by atoms with Gasteiger partial charge in [-0.2, -0.15) is 13.2 Å². The lowest BCUT2D eigenvalue weighted by molar-refractivity contribution is -0.160. The monoisotopic (exact) mass is 415 g/mol. The van der Waals surface area contributed by atoms with E-state index in [0.717, 1.165) is 22.0 Å². The fraction of sp³-hybridized carbons (Fsp3) is 0.304. The summed E-state index contributed by atoms with van der Waals surface area (Å²) in [5.74, 6) is -0.770. The molecule has 0 fully saturated rings. The number of aromatic nitrogens is 1. The molecule has 3 N–H and O–H groups in total. The second-order valence-electron chi connectivity index (χ2n) is 7.76. The van der Waals surface area contributed by atoms with Crippen LogP contribution in [0.15, 0.2) is 60.8 Å². The zero-order valence-electron chi connectivity index (χ0n) is 16.8. The molecule has 0 aliphatic carbocycles. The summed E-state index contributed by atoms with van der Waals surface area (Å²) in [6.07, 6.45) is -2.63. The molecule has 0 aliphatic rings. The van der Waals surface area contributed by atoms with Crippen molar-refractivity contribution >= 4 is 16.8 Å². The van der Waals surface area contributed by atoms with Crippen LogP contribution in [0.25, 0.3) is 22.0 Å². The molecule has 1 heterocycles. The molecule has 30 heavy (non-hydrogen) atoms. The molecule has 3 rings (SSSR count). The number of rotatable bonds is 7. The lowest BCUT2D eigenvalue weighted by Crippen LogP contribution is -2.47. The number of carbonyl (C=O) groups is 1. The number of benzene rings is 2. The van der Waals surface area contributed by atoms with Crippen molar-refractivity contribution in [2.24, 2.45) is 11.7 Å². The van der Waals surface area contributed by atoms with E-state index >= 15 is 0 Å². The standard InChI is InChI=1S/C23H24F3N3O/c1-14(2)12-20(22(27)30)29-21(23(24,25)26)16-7-5-15(6-8-16)17-9-10-19-18(13-17)4-3-11-28-19/h3-11,13-14,20-21,29H,12H2,1-2H3,(H2,27,30)/t20-,21-/m0/s1. The fourth-order valence-electron chi connectivity index (χ4n) is 3.44.